The lowest BCUT2D eigenvalue weighted by molar-refractivity contribution is -0.149. The Morgan fingerprint density at radius 3 is 1.98 bits per heavy atom. The number of nitrogens with one attached hydrogen (secondary N) is 3. The smallest absolute Gasteiger partial charge is 0.259 e. The van der Waals surface area contributed by atoms with E-state index in [9.17, 15) is 9.00 Å². The number of aromatic nitrogens is 8. The maximum absolute atomic E-state index is 14.7. The summed E-state index contributed by atoms with van der Waals surface area (Å²) in [7, 11) is -2.93. The molecule has 0 bridgehead atoms. The number of hydrogen-bond donors (Lipinski definition) is 3. The highest BCUT2D eigenvalue weighted by Crippen LogP contribution is 2.30. The second kappa shape index (κ2) is 16.0. The number of fused-ring (bicyclic) bond motifs is 6. The van der Waals surface area contributed by atoms with Crippen molar-refractivity contribution in [2.45, 2.75) is 60.4 Å². The van der Waals surface area contributed by atoms with Gasteiger partial charge < -0.3 is 10.6 Å². The molecule has 8 aromatic rings. The molecule has 0 spiro atoms. The number of para-hydroxylation sites is 2. The molecule has 10 rings (SSSR count). The maximum Gasteiger partial charge on any atom is 0.259 e. The van der Waals surface area contributed by atoms with Crippen LogP contribution in [0.5, 0.6) is 0 Å². The van der Waals surface area contributed by atoms with Crippen molar-refractivity contribution < 1.29 is 9.00 Å². The molecule has 17 heteroatoms. The van der Waals surface area contributed by atoms with Gasteiger partial charge in [-0.1, -0.05) is 55.0 Å². The highest BCUT2D eigenvalue weighted by atomic mass is 32.2. The lowest BCUT2D eigenvalue weighted by atomic mass is 10.1. The standard InChI is InChI=1S/C44H45N13O2S2/c1-60-31-16-11-13-28(25-31)38-50-41-34-19-4-6-21-36(34)48-44(57(41)52-38)49-37-22-8-10-24-55(42(37)58)54-23-9-7-15-30(27-54)46-43-47-35-20-5-3-18-33(35)40-51-39(53-56(40)43)29-14-12-17-32(26-29)61(2,45)59/h3-6,11-14,16-21,25-26,30,37,45H,7-10,15,22-24,27H2,1-2H3,(H,46,47)(H,48,49)/t30-,37-,61?/m1/s1. The van der Waals surface area contributed by atoms with Gasteiger partial charge in [-0.2, -0.15) is 9.03 Å². The van der Waals surface area contributed by atoms with E-state index < -0.39 is 15.8 Å². The summed E-state index contributed by atoms with van der Waals surface area (Å²) >= 11 is 1.67. The number of hydrazine groups is 1. The molecule has 1 amide bonds. The van der Waals surface area contributed by atoms with Crippen molar-refractivity contribution in [2.24, 2.45) is 0 Å². The first-order valence-corrected chi connectivity index (χ1v) is 23.8. The zero-order chi connectivity index (χ0) is 41.7. The largest absolute Gasteiger partial charge is 0.350 e. The monoisotopic (exact) mass is 851 g/mol. The molecule has 6 heterocycles. The number of nitrogens with zero attached hydrogens (tertiary/aromatic N) is 10. The minimum Gasteiger partial charge on any atom is -0.350 e. The molecule has 2 aliphatic rings. The van der Waals surface area contributed by atoms with Gasteiger partial charge in [0.25, 0.3) is 5.91 Å². The first kappa shape index (κ1) is 39.0. The number of rotatable bonds is 9. The van der Waals surface area contributed by atoms with Crippen molar-refractivity contribution >= 4 is 72.4 Å². The highest BCUT2D eigenvalue weighted by molar-refractivity contribution is 7.98. The van der Waals surface area contributed by atoms with E-state index in [1.54, 1.807) is 39.0 Å². The number of carbonyl (C=O) groups is 1. The molecule has 0 aliphatic carbocycles. The molecule has 2 fully saturated rings. The Hall–Kier alpha value is -6.17. The van der Waals surface area contributed by atoms with Gasteiger partial charge in [0.1, 0.15) is 6.04 Å². The molecule has 0 saturated carbocycles. The van der Waals surface area contributed by atoms with Crippen LogP contribution in [0.25, 0.3) is 55.9 Å². The van der Waals surface area contributed by atoms with E-state index in [0.29, 0.717) is 64.8 Å². The quantitative estimate of drug-likeness (QED) is 0.121. The van der Waals surface area contributed by atoms with E-state index in [1.807, 2.05) is 71.7 Å². The van der Waals surface area contributed by atoms with Crippen molar-refractivity contribution in [3.05, 3.63) is 97.1 Å². The third-order valence-electron chi connectivity index (χ3n) is 11.5. The van der Waals surface area contributed by atoms with Gasteiger partial charge in [-0.05, 0) is 86.9 Å². The summed E-state index contributed by atoms with van der Waals surface area (Å²) in [6.45, 7) is 1.96. The molecule has 3 N–H and O–H groups in total. The molecule has 0 radical (unpaired) electrons. The first-order valence-electron chi connectivity index (χ1n) is 20.6. The number of benzene rings is 4. The molecule has 310 valence electrons. The number of carbonyl (C=O) groups excluding carboxylic acids is 1. The van der Waals surface area contributed by atoms with Crippen LogP contribution in [-0.2, 0) is 14.5 Å². The number of hydrogen-bond acceptors (Lipinski definition) is 13. The zero-order valence-corrected chi connectivity index (χ0v) is 35.5. The summed E-state index contributed by atoms with van der Waals surface area (Å²) in [4.78, 5) is 36.3. The second-order valence-corrected chi connectivity index (χ2v) is 18.8. The Kier molecular flexibility index (Phi) is 10.2. The minimum absolute atomic E-state index is 0.00679. The Bertz CT molecular complexity index is 3080. The summed E-state index contributed by atoms with van der Waals surface area (Å²) in [5.74, 6) is 2.09. The van der Waals surface area contributed by atoms with Crippen LogP contribution < -0.4 is 10.6 Å². The van der Waals surface area contributed by atoms with Gasteiger partial charge in [0.2, 0.25) is 11.9 Å². The summed E-state index contributed by atoms with van der Waals surface area (Å²) in [6.07, 6.45) is 8.66. The van der Waals surface area contributed by atoms with Crippen LogP contribution in [0.4, 0.5) is 11.9 Å². The lowest BCUT2D eigenvalue weighted by Gasteiger charge is -2.36. The van der Waals surface area contributed by atoms with Crippen LogP contribution in [0.15, 0.2) is 107 Å². The van der Waals surface area contributed by atoms with Gasteiger partial charge in [-0.15, -0.1) is 22.0 Å². The van der Waals surface area contributed by atoms with E-state index in [0.717, 1.165) is 70.9 Å². The van der Waals surface area contributed by atoms with Crippen LogP contribution in [0.2, 0.25) is 0 Å². The van der Waals surface area contributed by atoms with E-state index in [-0.39, 0.29) is 11.9 Å². The van der Waals surface area contributed by atoms with E-state index in [4.69, 9.17) is 34.9 Å². The fourth-order valence-electron chi connectivity index (χ4n) is 8.42. The minimum atomic E-state index is -2.93. The van der Waals surface area contributed by atoms with Crippen LogP contribution in [0, 0.1) is 4.78 Å². The van der Waals surface area contributed by atoms with Crippen LogP contribution >= 0.6 is 11.8 Å². The van der Waals surface area contributed by atoms with Crippen molar-refractivity contribution in [2.75, 3.05) is 42.8 Å². The van der Waals surface area contributed by atoms with E-state index in [1.165, 1.54) is 6.26 Å². The molecule has 4 aromatic carbocycles. The summed E-state index contributed by atoms with van der Waals surface area (Å²) in [5.41, 5.74) is 4.46. The topological polar surface area (TPSA) is 175 Å². The molecular weight excluding hydrogens is 807 g/mol. The predicted molar refractivity (Wildman–Crippen MR) is 240 cm³/mol. The normalized spacial score (nSPS) is 19.0. The molecule has 1 unspecified atom stereocenters. The number of thioether (sulfide) groups is 1. The number of amides is 1. The van der Waals surface area contributed by atoms with Crippen molar-refractivity contribution in [3.63, 3.8) is 0 Å². The Labute approximate surface area is 356 Å². The van der Waals surface area contributed by atoms with Gasteiger partial charge >= 0.3 is 0 Å². The fourth-order valence-corrected chi connectivity index (χ4v) is 9.57. The van der Waals surface area contributed by atoms with Gasteiger partial charge in [0, 0.05) is 63.6 Å². The lowest BCUT2D eigenvalue weighted by Crippen LogP contribution is -2.54. The van der Waals surface area contributed by atoms with Crippen molar-refractivity contribution in [1.82, 2.24) is 49.2 Å². The van der Waals surface area contributed by atoms with Crippen molar-refractivity contribution in [1.29, 1.82) is 4.78 Å². The van der Waals surface area contributed by atoms with Gasteiger partial charge in [-0.25, -0.2) is 33.9 Å². The molecule has 2 saturated heterocycles. The molecule has 3 atom stereocenters. The van der Waals surface area contributed by atoms with E-state index >= 15 is 0 Å². The van der Waals surface area contributed by atoms with Gasteiger partial charge in [-0.3, -0.25) is 9.80 Å². The van der Waals surface area contributed by atoms with Crippen LogP contribution in [-0.4, -0.2) is 104 Å². The zero-order valence-electron chi connectivity index (χ0n) is 33.9. The van der Waals surface area contributed by atoms with Crippen LogP contribution in [0.3, 0.4) is 0 Å². The molecule has 15 nitrogen and oxygen atoms in total. The Morgan fingerprint density at radius 1 is 0.705 bits per heavy atom. The average Bonchev–Trinajstić information content (AvgIpc) is 3.82. The summed E-state index contributed by atoms with van der Waals surface area (Å²) in [5, 5.41) is 23.0. The third-order valence-corrected chi connectivity index (χ3v) is 13.4. The van der Waals surface area contributed by atoms with Gasteiger partial charge in [0.05, 0.1) is 20.8 Å². The number of anilines is 2. The van der Waals surface area contributed by atoms with Crippen LogP contribution in [0.1, 0.15) is 38.5 Å². The fraction of sp³-hybridized carbons (Fsp3) is 0.295. The average molecular weight is 852 g/mol. The molecule has 61 heavy (non-hydrogen) atoms. The second-order valence-electron chi connectivity index (χ2n) is 15.8. The highest BCUT2D eigenvalue weighted by Gasteiger charge is 2.34. The SMILES string of the molecule is CSc1cccc(-c2nc3c4ccccc4nc(N[C@@H]4CCCCN(N5CCCC[C@@H](Nc6nc7ccccc7c7nc(-c8cccc(S(C)(=N)=O)c8)nn67)C5)C4=O)n3n2)c1. The summed E-state index contributed by atoms with van der Waals surface area (Å²) < 4.78 is 24.2. The Balaban J connectivity index is 0.940. The van der Waals surface area contributed by atoms with Crippen molar-refractivity contribution in [3.8, 4) is 22.8 Å². The van der Waals surface area contributed by atoms with E-state index in [2.05, 4.69) is 34.0 Å². The van der Waals surface area contributed by atoms with Gasteiger partial charge in [0.15, 0.2) is 22.9 Å². The molecular formula is C44H45N13O2S2. The third kappa shape index (κ3) is 7.61. The Morgan fingerprint density at radius 2 is 1.31 bits per heavy atom. The first-order chi connectivity index (χ1) is 29.7. The maximum atomic E-state index is 14.7. The molecule has 2 aliphatic heterocycles. The predicted octanol–water partition coefficient (Wildman–Crippen LogP) is 7.63. The summed E-state index contributed by atoms with van der Waals surface area (Å²) in [6, 6.07) is 30.4. The molecule has 4 aromatic heterocycles.